The minimum absolute atomic E-state index is 0.0807. The summed E-state index contributed by atoms with van der Waals surface area (Å²) in [5, 5.41) is 4.29. The average Bonchev–Trinajstić information content (AvgIpc) is 2.32. The first-order chi connectivity index (χ1) is 6.09. The molecule has 0 aliphatic heterocycles. The van der Waals surface area contributed by atoms with Gasteiger partial charge < -0.3 is 4.98 Å². The fraction of sp³-hybridized carbons (Fsp3) is 0.250. The normalized spacial score (nSPS) is 11.0. The Morgan fingerprint density at radius 1 is 1.54 bits per heavy atom. The van der Waals surface area contributed by atoms with Crippen LogP contribution in [-0.2, 0) is 0 Å². The van der Waals surface area contributed by atoms with Gasteiger partial charge in [0.2, 0.25) is 0 Å². The van der Waals surface area contributed by atoms with Crippen LogP contribution in [0.4, 0.5) is 0 Å². The molecule has 0 aromatic carbocycles. The van der Waals surface area contributed by atoms with E-state index in [9.17, 15) is 4.79 Å². The fourth-order valence-electron chi connectivity index (χ4n) is 1.27. The topological polar surface area (TPSA) is 50.2 Å². The summed E-state index contributed by atoms with van der Waals surface area (Å²) in [6.45, 7) is 3.79. The molecule has 0 fully saturated rings. The number of fused-ring (bicyclic) bond motifs is 1. The molecule has 0 amide bonds. The molecular weight excluding hydrogens is 281 g/mol. The number of aromatic amines is 1. The Morgan fingerprint density at radius 2 is 2.23 bits per heavy atom. The first kappa shape index (κ1) is 8.74. The predicted octanol–water partition coefficient (Wildman–Crippen LogP) is 1.24. The van der Waals surface area contributed by atoms with Crippen LogP contribution in [0.25, 0.3) is 5.65 Å². The van der Waals surface area contributed by atoms with Crippen molar-refractivity contribution in [2.75, 3.05) is 0 Å². The Balaban J connectivity index is 3.03. The van der Waals surface area contributed by atoms with Gasteiger partial charge in [-0.3, -0.25) is 4.79 Å². The maximum atomic E-state index is 11.2. The Bertz CT molecular complexity index is 526. The van der Waals surface area contributed by atoms with E-state index in [2.05, 4.69) is 32.7 Å². The largest absolute Gasteiger partial charge is 0.306 e. The molecule has 1 N–H and O–H groups in total. The third-order valence-corrected chi connectivity index (χ3v) is 3.19. The lowest BCUT2D eigenvalue weighted by Gasteiger charge is -1.96. The number of hydrogen-bond donors (Lipinski definition) is 1. The zero-order chi connectivity index (χ0) is 9.59. The van der Waals surface area contributed by atoms with Crippen LogP contribution in [-0.4, -0.2) is 14.6 Å². The standard InChI is InChI=1S/C8H8IN3O/c1-4-3-6(13)10-8-7(9)5(2)11-12(4)8/h3H,1-2H3,(H,10,13). The van der Waals surface area contributed by atoms with Crippen LogP contribution < -0.4 is 5.56 Å². The molecule has 2 aromatic rings. The minimum atomic E-state index is -0.0807. The molecule has 0 radical (unpaired) electrons. The summed E-state index contributed by atoms with van der Waals surface area (Å²) in [4.78, 5) is 13.9. The summed E-state index contributed by atoms with van der Waals surface area (Å²) in [5.41, 5.74) is 2.49. The molecule has 2 rings (SSSR count). The van der Waals surface area contributed by atoms with E-state index in [0.717, 1.165) is 20.6 Å². The number of rotatable bonds is 0. The summed E-state index contributed by atoms with van der Waals surface area (Å²) >= 11 is 2.18. The highest BCUT2D eigenvalue weighted by molar-refractivity contribution is 14.1. The van der Waals surface area contributed by atoms with Crippen molar-refractivity contribution in [2.24, 2.45) is 0 Å². The Labute approximate surface area is 88.1 Å². The smallest absolute Gasteiger partial charge is 0.251 e. The summed E-state index contributed by atoms with van der Waals surface area (Å²) in [5.74, 6) is 0. The highest BCUT2D eigenvalue weighted by atomic mass is 127. The molecule has 4 nitrogen and oxygen atoms in total. The van der Waals surface area contributed by atoms with E-state index in [1.807, 2.05) is 13.8 Å². The maximum Gasteiger partial charge on any atom is 0.251 e. The monoisotopic (exact) mass is 289 g/mol. The zero-order valence-electron chi connectivity index (χ0n) is 7.26. The lowest BCUT2D eigenvalue weighted by atomic mass is 10.4. The summed E-state index contributed by atoms with van der Waals surface area (Å²) in [7, 11) is 0. The number of nitrogens with zero attached hydrogens (tertiary/aromatic N) is 2. The van der Waals surface area contributed by atoms with E-state index in [1.165, 1.54) is 6.07 Å². The molecule has 2 heterocycles. The van der Waals surface area contributed by atoms with E-state index in [0.29, 0.717) is 0 Å². The van der Waals surface area contributed by atoms with Crippen LogP contribution in [0.1, 0.15) is 11.4 Å². The van der Waals surface area contributed by atoms with Gasteiger partial charge in [-0.2, -0.15) is 5.10 Å². The van der Waals surface area contributed by atoms with Gasteiger partial charge in [0.15, 0.2) is 0 Å². The second-order valence-electron chi connectivity index (χ2n) is 2.93. The molecule has 0 aliphatic carbocycles. The van der Waals surface area contributed by atoms with Gasteiger partial charge in [-0.05, 0) is 36.4 Å². The highest BCUT2D eigenvalue weighted by Crippen LogP contribution is 2.14. The van der Waals surface area contributed by atoms with Crippen molar-refractivity contribution < 1.29 is 0 Å². The molecule has 0 saturated heterocycles. The molecule has 0 aliphatic rings. The Hall–Kier alpha value is -0.850. The van der Waals surface area contributed by atoms with Crippen molar-refractivity contribution in [2.45, 2.75) is 13.8 Å². The van der Waals surface area contributed by atoms with Crippen molar-refractivity contribution in [1.82, 2.24) is 14.6 Å². The first-order valence-electron chi connectivity index (χ1n) is 3.84. The van der Waals surface area contributed by atoms with Gasteiger partial charge in [-0.15, -0.1) is 0 Å². The summed E-state index contributed by atoms with van der Waals surface area (Å²) < 4.78 is 2.75. The molecule has 0 saturated carbocycles. The molecule has 68 valence electrons. The Kier molecular flexibility index (Phi) is 1.90. The van der Waals surface area contributed by atoms with Crippen molar-refractivity contribution in [3.63, 3.8) is 0 Å². The number of hydrogen-bond acceptors (Lipinski definition) is 2. The van der Waals surface area contributed by atoms with Gasteiger partial charge in [0.25, 0.3) is 5.56 Å². The second kappa shape index (κ2) is 2.83. The van der Waals surface area contributed by atoms with Crippen LogP contribution in [0.2, 0.25) is 0 Å². The average molecular weight is 289 g/mol. The van der Waals surface area contributed by atoms with Gasteiger partial charge in [-0.1, -0.05) is 0 Å². The zero-order valence-corrected chi connectivity index (χ0v) is 9.42. The molecule has 13 heavy (non-hydrogen) atoms. The molecular formula is C8H8IN3O. The van der Waals surface area contributed by atoms with Crippen molar-refractivity contribution in [1.29, 1.82) is 0 Å². The first-order valence-corrected chi connectivity index (χ1v) is 4.92. The molecule has 0 bridgehead atoms. The van der Waals surface area contributed by atoms with Gasteiger partial charge in [0.1, 0.15) is 5.65 Å². The van der Waals surface area contributed by atoms with Crippen molar-refractivity contribution in [3.8, 4) is 0 Å². The fourth-order valence-corrected chi connectivity index (χ4v) is 1.75. The number of H-pyrrole nitrogens is 1. The van der Waals surface area contributed by atoms with E-state index in [-0.39, 0.29) is 5.56 Å². The quantitative estimate of drug-likeness (QED) is 0.742. The van der Waals surface area contributed by atoms with Crippen LogP contribution in [0.15, 0.2) is 10.9 Å². The summed E-state index contributed by atoms with van der Waals surface area (Å²) in [6.07, 6.45) is 0. The maximum absolute atomic E-state index is 11.2. The second-order valence-corrected chi connectivity index (χ2v) is 4.01. The Morgan fingerprint density at radius 3 is 2.92 bits per heavy atom. The summed E-state index contributed by atoms with van der Waals surface area (Å²) in [6, 6.07) is 1.54. The number of halogens is 1. The third-order valence-electron chi connectivity index (χ3n) is 1.90. The molecule has 2 aromatic heterocycles. The molecule has 5 heteroatoms. The molecule has 0 spiro atoms. The van der Waals surface area contributed by atoms with Crippen LogP contribution in [0, 0.1) is 17.4 Å². The van der Waals surface area contributed by atoms with Crippen molar-refractivity contribution >= 4 is 28.2 Å². The highest BCUT2D eigenvalue weighted by Gasteiger charge is 2.08. The SMILES string of the molecule is Cc1nn2c(C)cc(=O)[nH]c2c1I. The number of aryl methyl sites for hydroxylation is 2. The van der Waals surface area contributed by atoms with Crippen molar-refractivity contribution in [3.05, 3.63) is 31.4 Å². The third kappa shape index (κ3) is 1.27. The van der Waals surface area contributed by atoms with E-state index in [1.54, 1.807) is 4.52 Å². The lowest BCUT2D eigenvalue weighted by molar-refractivity contribution is 0.871. The molecule has 0 atom stereocenters. The van der Waals surface area contributed by atoms with Crippen LogP contribution in [0.5, 0.6) is 0 Å². The van der Waals surface area contributed by atoms with E-state index < -0.39 is 0 Å². The van der Waals surface area contributed by atoms with E-state index in [4.69, 9.17) is 0 Å². The van der Waals surface area contributed by atoms with E-state index >= 15 is 0 Å². The minimum Gasteiger partial charge on any atom is -0.306 e. The molecule has 0 unspecified atom stereocenters. The van der Waals surface area contributed by atoms with Crippen LogP contribution in [0.3, 0.4) is 0 Å². The number of nitrogens with one attached hydrogen (secondary N) is 1. The predicted molar refractivity (Wildman–Crippen MR) is 58.0 cm³/mol. The lowest BCUT2D eigenvalue weighted by Crippen LogP contribution is -2.09. The van der Waals surface area contributed by atoms with Gasteiger partial charge in [0, 0.05) is 11.8 Å². The van der Waals surface area contributed by atoms with Gasteiger partial charge in [-0.25, -0.2) is 4.52 Å². The van der Waals surface area contributed by atoms with Gasteiger partial charge in [0.05, 0.1) is 9.26 Å². The van der Waals surface area contributed by atoms with Gasteiger partial charge >= 0.3 is 0 Å². The number of aromatic nitrogens is 3. The van der Waals surface area contributed by atoms with Crippen LogP contribution >= 0.6 is 22.6 Å².